The van der Waals surface area contributed by atoms with Gasteiger partial charge in [0.05, 0.1) is 18.7 Å². The largest absolute Gasteiger partial charge is 0.497 e. The smallest absolute Gasteiger partial charge is 0.137 e. The van der Waals surface area contributed by atoms with E-state index in [0.717, 1.165) is 28.0 Å². The second-order valence-electron chi connectivity index (χ2n) is 4.88. The van der Waals surface area contributed by atoms with Crippen LogP contribution in [0, 0.1) is 0 Å². The molecule has 1 N–H and O–H groups in total. The summed E-state index contributed by atoms with van der Waals surface area (Å²) >= 11 is 0. The van der Waals surface area contributed by atoms with Gasteiger partial charge in [0.1, 0.15) is 17.9 Å². The van der Waals surface area contributed by atoms with Crippen LogP contribution in [0.4, 0.5) is 5.82 Å². The Balaban J connectivity index is 1.90. The van der Waals surface area contributed by atoms with Crippen molar-refractivity contribution in [2.45, 2.75) is 13.0 Å². The van der Waals surface area contributed by atoms with Crippen LogP contribution in [0.5, 0.6) is 5.75 Å². The van der Waals surface area contributed by atoms with E-state index < -0.39 is 0 Å². The van der Waals surface area contributed by atoms with Gasteiger partial charge in [-0.05, 0) is 36.8 Å². The lowest BCUT2D eigenvalue weighted by Gasteiger charge is -2.16. The van der Waals surface area contributed by atoms with Crippen molar-refractivity contribution in [1.29, 1.82) is 0 Å². The molecule has 0 saturated heterocycles. The number of hydrogen-bond donors (Lipinski definition) is 1. The number of methoxy groups -OCH3 is 1. The zero-order valence-corrected chi connectivity index (χ0v) is 12.1. The lowest BCUT2D eigenvalue weighted by Crippen LogP contribution is -2.08. The maximum Gasteiger partial charge on any atom is 0.137 e. The quantitative estimate of drug-likeness (QED) is 0.789. The summed E-state index contributed by atoms with van der Waals surface area (Å²) in [6.07, 6.45) is 1.59. The molecule has 1 atom stereocenters. The zero-order chi connectivity index (χ0) is 14.7. The van der Waals surface area contributed by atoms with E-state index in [1.807, 2.05) is 42.5 Å². The molecule has 0 fully saturated rings. The standard InChI is InChI=1S/C17H17N3O/c1-12(13-6-5-7-14(10-13)21-2)20-17-15-8-3-4-9-16(15)18-11-19-17/h3-12H,1-2H3,(H,18,19,20)/t12-/m0/s1. The molecule has 0 amide bonds. The number of benzene rings is 2. The predicted molar refractivity (Wildman–Crippen MR) is 84.6 cm³/mol. The monoisotopic (exact) mass is 279 g/mol. The Morgan fingerprint density at radius 2 is 1.90 bits per heavy atom. The number of aromatic nitrogens is 2. The number of rotatable bonds is 4. The number of ether oxygens (including phenoxy) is 1. The normalized spacial score (nSPS) is 12.1. The van der Waals surface area contributed by atoms with Gasteiger partial charge in [-0.2, -0.15) is 0 Å². The number of anilines is 1. The van der Waals surface area contributed by atoms with E-state index in [4.69, 9.17) is 4.74 Å². The minimum atomic E-state index is 0.124. The molecule has 0 saturated carbocycles. The van der Waals surface area contributed by atoms with Gasteiger partial charge in [0.2, 0.25) is 0 Å². The molecule has 0 aliphatic rings. The fourth-order valence-corrected chi connectivity index (χ4v) is 2.32. The van der Waals surface area contributed by atoms with Gasteiger partial charge >= 0.3 is 0 Å². The molecule has 0 aliphatic heterocycles. The van der Waals surface area contributed by atoms with Crippen LogP contribution >= 0.6 is 0 Å². The molecule has 1 heterocycles. The van der Waals surface area contributed by atoms with Crippen molar-refractivity contribution in [3.63, 3.8) is 0 Å². The molecule has 3 aromatic rings. The van der Waals surface area contributed by atoms with Crippen molar-refractivity contribution in [2.75, 3.05) is 12.4 Å². The molecule has 4 nitrogen and oxygen atoms in total. The third kappa shape index (κ3) is 2.79. The summed E-state index contributed by atoms with van der Waals surface area (Å²) in [4.78, 5) is 8.64. The van der Waals surface area contributed by atoms with Gasteiger partial charge in [-0.1, -0.05) is 24.3 Å². The van der Waals surface area contributed by atoms with Crippen molar-refractivity contribution >= 4 is 16.7 Å². The number of fused-ring (bicyclic) bond motifs is 1. The van der Waals surface area contributed by atoms with Crippen LogP contribution in [-0.4, -0.2) is 17.1 Å². The van der Waals surface area contributed by atoms with Gasteiger partial charge in [0.25, 0.3) is 0 Å². The van der Waals surface area contributed by atoms with Gasteiger partial charge < -0.3 is 10.1 Å². The highest BCUT2D eigenvalue weighted by atomic mass is 16.5. The van der Waals surface area contributed by atoms with E-state index in [2.05, 4.69) is 28.3 Å². The lowest BCUT2D eigenvalue weighted by atomic mass is 10.1. The highest BCUT2D eigenvalue weighted by Crippen LogP contribution is 2.25. The fraction of sp³-hybridized carbons (Fsp3) is 0.176. The molecule has 21 heavy (non-hydrogen) atoms. The van der Waals surface area contributed by atoms with Gasteiger partial charge in [-0.25, -0.2) is 9.97 Å². The summed E-state index contributed by atoms with van der Waals surface area (Å²) in [5.74, 6) is 1.70. The first-order valence-electron chi connectivity index (χ1n) is 6.88. The third-order valence-electron chi connectivity index (χ3n) is 3.49. The Kier molecular flexibility index (Phi) is 3.69. The van der Waals surface area contributed by atoms with Gasteiger partial charge in [0, 0.05) is 5.39 Å². The highest BCUT2D eigenvalue weighted by molar-refractivity contribution is 5.88. The van der Waals surface area contributed by atoms with Gasteiger partial charge in [-0.15, -0.1) is 0 Å². The molecule has 4 heteroatoms. The SMILES string of the molecule is COc1cccc([C@H](C)Nc2ncnc3ccccc23)c1. The van der Waals surface area contributed by atoms with E-state index in [1.165, 1.54) is 0 Å². The van der Waals surface area contributed by atoms with Crippen LogP contribution in [0.2, 0.25) is 0 Å². The first-order chi connectivity index (χ1) is 10.3. The van der Waals surface area contributed by atoms with Gasteiger partial charge in [-0.3, -0.25) is 0 Å². The zero-order valence-electron chi connectivity index (χ0n) is 12.1. The predicted octanol–water partition coefficient (Wildman–Crippen LogP) is 3.81. The molecule has 1 aromatic heterocycles. The number of para-hydroxylation sites is 1. The molecular weight excluding hydrogens is 262 g/mol. The molecule has 0 radical (unpaired) electrons. The number of nitrogens with one attached hydrogen (secondary N) is 1. The van der Waals surface area contributed by atoms with Crippen molar-refractivity contribution in [1.82, 2.24) is 9.97 Å². The van der Waals surface area contributed by atoms with Crippen molar-refractivity contribution in [2.24, 2.45) is 0 Å². The van der Waals surface area contributed by atoms with Crippen molar-refractivity contribution in [3.8, 4) is 5.75 Å². The minimum absolute atomic E-state index is 0.124. The molecular formula is C17H17N3O. The van der Waals surface area contributed by atoms with Crippen LogP contribution in [0.25, 0.3) is 10.9 Å². The molecule has 0 unspecified atom stereocenters. The van der Waals surface area contributed by atoms with E-state index in [-0.39, 0.29) is 6.04 Å². The second kappa shape index (κ2) is 5.79. The first kappa shape index (κ1) is 13.4. The van der Waals surface area contributed by atoms with Crippen LogP contribution in [0.3, 0.4) is 0 Å². The third-order valence-corrected chi connectivity index (χ3v) is 3.49. The summed E-state index contributed by atoms with van der Waals surface area (Å²) in [7, 11) is 1.68. The fourth-order valence-electron chi connectivity index (χ4n) is 2.32. The summed E-state index contributed by atoms with van der Waals surface area (Å²) < 4.78 is 5.27. The van der Waals surface area contributed by atoms with Gasteiger partial charge in [0.15, 0.2) is 0 Å². The number of hydrogen-bond acceptors (Lipinski definition) is 4. The number of nitrogens with zero attached hydrogens (tertiary/aromatic N) is 2. The Morgan fingerprint density at radius 1 is 1.05 bits per heavy atom. The summed E-state index contributed by atoms with van der Waals surface area (Å²) in [5.41, 5.74) is 2.09. The molecule has 2 aromatic carbocycles. The van der Waals surface area contributed by atoms with Crippen LogP contribution in [-0.2, 0) is 0 Å². The highest BCUT2D eigenvalue weighted by Gasteiger charge is 2.09. The average Bonchev–Trinajstić information content (AvgIpc) is 2.55. The van der Waals surface area contributed by atoms with E-state index in [9.17, 15) is 0 Å². The second-order valence-corrected chi connectivity index (χ2v) is 4.88. The maximum absolute atomic E-state index is 5.27. The van der Waals surface area contributed by atoms with Crippen molar-refractivity contribution in [3.05, 3.63) is 60.4 Å². The van der Waals surface area contributed by atoms with Crippen LogP contribution in [0.15, 0.2) is 54.9 Å². The van der Waals surface area contributed by atoms with Crippen molar-refractivity contribution < 1.29 is 4.74 Å². The van der Waals surface area contributed by atoms with E-state index >= 15 is 0 Å². The summed E-state index contributed by atoms with van der Waals surface area (Å²) in [6.45, 7) is 2.10. The summed E-state index contributed by atoms with van der Waals surface area (Å²) in [6, 6.07) is 16.1. The lowest BCUT2D eigenvalue weighted by molar-refractivity contribution is 0.414. The molecule has 106 valence electrons. The molecule has 0 bridgehead atoms. The maximum atomic E-state index is 5.27. The molecule has 0 aliphatic carbocycles. The molecule has 3 rings (SSSR count). The topological polar surface area (TPSA) is 47.0 Å². The van der Waals surface area contributed by atoms with E-state index in [0.29, 0.717) is 0 Å². The molecule has 0 spiro atoms. The Morgan fingerprint density at radius 3 is 2.76 bits per heavy atom. The Labute approximate surface area is 123 Å². The average molecular weight is 279 g/mol. The summed E-state index contributed by atoms with van der Waals surface area (Å²) in [5, 5.41) is 4.47. The first-order valence-corrected chi connectivity index (χ1v) is 6.88. The van der Waals surface area contributed by atoms with Crippen LogP contribution in [0.1, 0.15) is 18.5 Å². The van der Waals surface area contributed by atoms with Crippen LogP contribution < -0.4 is 10.1 Å². The Hall–Kier alpha value is -2.62. The minimum Gasteiger partial charge on any atom is -0.497 e. The Bertz CT molecular complexity index is 752. The van der Waals surface area contributed by atoms with E-state index in [1.54, 1.807) is 13.4 Å².